The van der Waals surface area contributed by atoms with E-state index in [1.54, 1.807) is 18.2 Å². The van der Waals surface area contributed by atoms with Crippen LogP contribution in [0.25, 0.3) is 87.2 Å². The minimum absolute atomic E-state index is 0. The molecule has 0 fully saturated rings. The first-order chi connectivity index (χ1) is 55.2. The van der Waals surface area contributed by atoms with Crippen molar-refractivity contribution in [1.82, 2.24) is 39.9 Å². The number of phenols is 5. The topological polar surface area (TPSA) is 227 Å². The second-order valence-corrected chi connectivity index (χ2v) is 34.4. The second kappa shape index (κ2) is 32.6. The van der Waals surface area contributed by atoms with E-state index in [1.807, 2.05) is 67.0 Å². The Bertz CT molecular complexity index is 6660. The molecule has 0 aliphatic rings. The third-order valence-electron chi connectivity index (χ3n) is 21.5. The molecule has 0 amide bonds. The summed E-state index contributed by atoms with van der Waals surface area (Å²) in [6.07, 6.45) is 16.5. The molecule has 0 saturated carbocycles. The van der Waals surface area contributed by atoms with Crippen molar-refractivity contribution < 1.29 is 25.5 Å². The molecule has 0 spiro atoms. The maximum absolute atomic E-state index is 10.2. The Morgan fingerprint density at radius 3 is 0.930 bits per heavy atom. The Kier molecular flexibility index (Phi) is 22.1. The standard InChI is InChI=1S/C24H18Br2N2.2C24H19BrN2O.C23H16Br2N2O3.CH4/c1-14-5-7-18-20(12-27-22(18)9-14)24(15-3-2-4-16(25)10-15)21-13-28-23-11-17(26)6-8-19(21)23;1-14-2-8-22-18(10-14)20(12-26-22)24(15-3-5-16(25)6-4-15)21-13-27-23-9-7-17(28)11-19(21)23;1-14-2-8-18-20(12-26-22(18)10-14)24(15-3-5-16(25)6-4-15)21-13-27-23-11-17(28)7-9-19(21)23;24-12-1-3-14-16(9-26-18(14)7-12)22(11-5-20(28)23(30)21(29)6-11)17-10-27-19-8-13(25)2-4-15(17)19;/h2-13,24,27-28H,1H3;2*2-13,24,26-28H,1H3;1-10,22,26-30H;1H4. The number of halogens is 6. The Morgan fingerprint density at radius 2 is 0.513 bits per heavy atom. The zero-order valence-corrected chi connectivity index (χ0v) is 70.9. The Balaban J connectivity index is 0.000000115. The van der Waals surface area contributed by atoms with Gasteiger partial charge in [-0.3, -0.25) is 0 Å². The van der Waals surface area contributed by atoms with Gasteiger partial charge in [-0.15, -0.1) is 0 Å². The highest BCUT2D eigenvalue weighted by Crippen LogP contribution is 2.48. The number of H-pyrrole nitrogens is 8. The van der Waals surface area contributed by atoms with Gasteiger partial charge in [-0.25, -0.2) is 0 Å². The minimum Gasteiger partial charge on any atom is -0.508 e. The van der Waals surface area contributed by atoms with Gasteiger partial charge in [0.2, 0.25) is 0 Å². The third-order valence-corrected chi connectivity index (χ3v) is 24.6. The van der Waals surface area contributed by atoms with Gasteiger partial charge in [-0.1, -0.05) is 193 Å². The highest BCUT2D eigenvalue weighted by atomic mass is 79.9. The van der Waals surface area contributed by atoms with Crippen molar-refractivity contribution in [1.29, 1.82) is 0 Å². The van der Waals surface area contributed by atoms with E-state index in [0.717, 1.165) is 104 Å². The van der Waals surface area contributed by atoms with Crippen molar-refractivity contribution in [2.45, 2.75) is 51.9 Å². The summed E-state index contributed by atoms with van der Waals surface area (Å²) in [5.74, 6) is -0.761. The summed E-state index contributed by atoms with van der Waals surface area (Å²) in [7, 11) is 0. The van der Waals surface area contributed by atoms with Crippen LogP contribution in [-0.4, -0.2) is 65.4 Å². The van der Waals surface area contributed by atoms with Gasteiger partial charge in [-0.05, 0) is 238 Å². The second-order valence-electron chi connectivity index (χ2n) is 28.9. The molecule has 0 radical (unpaired) electrons. The SMILES string of the molecule is C.Cc1ccc2[nH]cc(C(c3ccc(Br)cc3)c3c[nH]c4ccc(O)cc34)c2c1.Cc1ccc2c(C(c3ccc(Br)cc3)c3c[nH]c4cc(O)ccc34)c[nH]c2c1.Cc1ccc2c(C(c3cccc(Br)c3)c3c[nH]c4cc(Br)ccc34)c[nH]c2c1.Oc1cc(C(c2c[nH]c3cc(Br)ccc23)c2c[nH]c3cc(Br)ccc23)cc(O)c1O. The molecular weight excluding hydrogens is 1820 g/mol. The molecule has 3 unspecified atom stereocenters. The zero-order chi connectivity index (χ0) is 78.7. The number of aryl methyl sites for hydroxylation is 3. The number of hydrogen-bond donors (Lipinski definition) is 13. The minimum atomic E-state index is -0.525. The Hall–Kier alpha value is -11.2. The maximum atomic E-state index is 10.2. The first-order valence-electron chi connectivity index (χ1n) is 36.9. The van der Waals surface area contributed by atoms with Crippen molar-refractivity contribution in [3.63, 3.8) is 0 Å². The van der Waals surface area contributed by atoms with Gasteiger partial charge < -0.3 is 65.4 Å². The molecule has 19 heteroatoms. The van der Waals surface area contributed by atoms with E-state index >= 15 is 0 Å². The van der Waals surface area contributed by atoms with Gasteiger partial charge in [0, 0.05) is 193 Å². The smallest absolute Gasteiger partial charge is 0.200 e. The molecule has 12 aromatic carbocycles. The van der Waals surface area contributed by atoms with Crippen molar-refractivity contribution in [3.8, 4) is 28.7 Å². The monoisotopic (exact) mass is 1890 g/mol. The largest absolute Gasteiger partial charge is 0.508 e. The van der Waals surface area contributed by atoms with Crippen LogP contribution in [0.5, 0.6) is 28.7 Å². The average molecular weight is 1900 g/mol. The molecule has 8 aromatic heterocycles. The summed E-state index contributed by atoms with van der Waals surface area (Å²) in [6, 6.07) is 77.7. The number of nitrogens with one attached hydrogen (secondary N) is 8. The van der Waals surface area contributed by atoms with Crippen LogP contribution >= 0.6 is 95.6 Å². The van der Waals surface area contributed by atoms with Crippen LogP contribution in [0.1, 0.15) is 115 Å². The summed E-state index contributed by atoms with van der Waals surface area (Å²) in [5.41, 5.74) is 25.9. The molecule has 0 bridgehead atoms. The summed E-state index contributed by atoms with van der Waals surface area (Å²) in [5, 5.41) is 59.3. The molecule has 8 heterocycles. The normalized spacial score (nSPS) is 12.3. The van der Waals surface area contributed by atoms with Crippen LogP contribution in [0.4, 0.5) is 0 Å². The van der Waals surface area contributed by atoms with E-state index in [2.05, 4.69) is 339 Å². The molecule has 572 valence electrons. The Morgan fingerprint density at radius 1 is 0.226 bits per heavy atom. The van der Waals surface area contributed by atoms with Gasteiger partial charge in [0.05, 0.1) is 0 Å². The number of aromatic nitrogens is 8. The Labute approximate surface area is 712 Å². The average Bonchev–Trinajstić information content (AvgIpc) is 1.59. The molecule has 20 aromatic rings. The van der Waals surface area contributed by atoms with Crippen LogP contribution in [0, 0.1) is 20.8 Å². The fraction of sp³-hybridized carbons (Fsp3) is 0.0833. The number of hydrogen-bond acceptors (Lipinski definition) is 5. The molecule has 0 aliphatic heterocycles. The molecule has 13 N–H and O–H groups in total. The number of aromatic amines is 8. The van der Waals surface area contributed by atoms with E-state index in [-0.39, 0.29) is 54.1 Å². The summed E-state index contributed by atoms with van der Waals surface area (Å²) >= 11 is 21.3. The predicted octanol–water partition coefficient (Wildman–Crippen LogP) is 28.0. The van der Waals surface area contributed by atoms with Gasteiger partial charge >= 0.3 is 0 Å². The first kappa shape index (κ1) is 77.8. The number of fused-ring (bicyclic) bond motifs is 8. The molecule has 115 heavy (non-hydrogen) atoms. The van der Waals surface area contributed by atoms with Crippen molar-refractivity contribution in [2.24, 2.45) is 0 Å². The fourth-order valence-electron chi connectivity index (χ4n) is 16.2. The predicted molar refractivity (Wildman–Crippen MR) is 491 cm³/mol. The van der Waals surface area contributed by atoms with Crippen LogP contribution in [0.15, 0.2) is 307 Å². The highest BCUT2D eigenvalue weighted by molar-refractivity contribution is 9.11. The number of phenolic OH excluding ortho intramolecular Hbond substituents is 5. The number of aromatic hydroxyl groups is 5. The molecule has 3 atom stereocenters. The lowest BCUT2D eigenvalue weighted by atomic mass is 9.84. The molecule has 0 aliphatic carbocycles. The molecule has 20 rings (SSSR count). The quantitative estimate of drug-likeness (QED) is 0.0534. The van der Waals surface area contributed by atoms with Crippen molar-refractivity contribution >= 4 is 183 Å². The molecule has 0 saturated heterocycles. The summed E-state index contributed by atoms with van der Waals surface area (Å²) < 4.78 is 6.23. The van der Waals surface area contributed by atoms with Crippen LogP contribution in [0.3, 0.4) is 0 Å². The molecule has 13 nitrogen and oxygen atoms in total. The van der Waals surface area contributed by atoms with Gasteiger partial charge in [0.25, 0.3) is 0 Å². The number of rotatable bonds is 12. The van der Waals surface area contributed by atoms with Crippen LogP contribution in [-0.2, 0) is 0 Å². The highest BCUT2D eigenvalue weighted by Gasteiger charge is 2.30. The van der Waals surface area contributed by atoms with E-state index in [0.29, 0.717) is 5.56 Å². The van der Waals surface area contributed by atoms with Crippen molar-refractivity contribution in [2.75, 3.05) is 0 Å². The lowest BCUT2D eigenvalue weighted by Crippen LogP contribution is -2.02. The lowest BCUT2D eigenvalue weighted by Gasteiger charge is -2.18. The summed E-state index contributed by atoms with van der Waals surface area (Å²) in [4.78, 5) is 27.2. The van der Waals surface area contributed by atoms with Crippen molar-refractivity contribution in [3.05, 3.63) is 390 Å². The maximum Gasteiger partial charge on any atom is 0.200 e. The van der Waals surface area contributed by atoms with Gasteiger partial charge in [0.1, 0.15) is 11.5 Å². The van der Waals surface area contributed by atoms with E-state index in [4.69, 9.17) is 0 Å². The van der Waals surface area contributed by atoms with Gasteiger partial charge in [-0.2, -0.15) is 0 Å². The van der Waals surface area contributed by atoms with E-state index < -0.39 is 5.75 Å². The van der Waals surface area contributed by atoms with Crippen LogP contribution in [0.2, 0.25) is 0 Å². The zero-order valence-electron chi connectivity index (χ0n) is 61.4. The van der Waals surface area contributed by atoms with E-state index in [9.17, 15) is 25.5 Å². The van der Waals surface area contributed by atoms with E-state index in [1.165, 1.54) is 100 Å². The fourth-order valence-corrected chi connectivity index (χ4v) is 18.2. The van der Waals surface area contributed by atoms with Gasteiger partial charge in [0.15, 0.2) is 17.2 Å². The van der Waals surface area contributed by atoms with Crippen LogP contribution < -0.4 is 0 Å². The number of benzene rings is 12. The molecular formula is C96H76Br6N8O5. The first-order valence-corrected chi connectivity index (χ1v) is 41.6. The lowest BCUT2D eigenvalue weighted by molar-refractivity contribution is 0.367. The summed E-state index contributed by atoms with van der Waals surface area (Å²) in [6.45, 7) is 6.36. The third kappa shape index (κ3) is 15.6.